The van der Waals surface area contributed by atoms with Crippen LogP contribution in [0.2, 0.25) is 0 Å². The van der Waals surface area contributed by atoms with Crippen LogP contribution in [0.15, 0.2) is 23.4 Å². The molecule has 1 aromatic carbocycles. The summed E-state index contributed by atoms with van der Waals surface area (Å²) in [5, 5.41) is 30.7. The Hall–Kier alpha value is -2.64. The number of benzene rings is 1. The smallest absolute Gasteiger partial charge is 0.354 e. The standard InChI is InChI=1S/C10H10N2O6/c1-18-8-4-2-3-6(9(8)12(16)17)5-7(11-15)10(13)14/h2-4,15H,5H2,1H3,(H,13,14)/b11-7-. The SMILES string of the molecule is COc1cccc(C/C(=N/O)C(=O)O)c1[N+](=O)[O-]. The number of rotatable bonds is 5. The van der Waals surface area contributed by atoms with E-state index in [4.69, 9.17) is 15.1 Å². The number of para-hydroxylation sites is 1. The zero-order valence-electron chi connectivity index (χ0n) is 9.36. The second kappa shape index (κ2) is 5.62. The number of ether oxygens (including phenoxy) is 1. The first-order valence-electron chi connectivity index (χ1n) is 4.75. The van der Waals surface area contributed by atoms with E-state index < -0.39 is 16.6 Å². The zero-order valence-corrected chi connectivity index (χ0v) is 9.36. The van der Waals surface area contributed by atoms with Gasteiger partial charge in [0.25, 0.3) is 0 Å². The predicted molar refractivity (Wildman–Crippen MR) is 60.2 cm³/mol. The molecule has 1 aromatic rings. The van der Waals surface area contributed by atoms with E-state index in [0.29, 0.717) is 0 Å². The maximum atomic E-state index is 10.9. The number of hydrogen-bond acceptors (Lipinski definition) is 6. The van der Waals surface area contributed by atoms with E-state index in [9.17, 15) is 14.9 Å². The van der Waals surface area contributed by atoms with Crippen molar-refractivity contribution >= 4 is 17.4 Å². The second-order valence-corrected chi connectivity index (χ2v) is 3.25. The second-order valence-electron chi connectivity index (χ2n) is 3.25. The molecule has 0 aliphatic rings. The van der Waals surface area contributed by atoms with Crippen LogP contribution in [0.25, 0.3) is 0 Å². The van der Waals surface area contributed by atoms with E-state index in [0.717, 1.165) is 0 Å². The summed E-state index contributed by atoms with van der Waals surface area (Å²) in [4.78, 5) is 20.9. The highest BCUT2D eigenvalue weighted by Gasteiger charge is 2.23. The summed E-state index contributed by atoms with van der Waals surface area (Å²) in [6.07, 6.45) is -0.376. The lowest BCUT2D eigenvalue weighted by atomic mass is 10.1. The van der Waals surface area contributed by atoms with E-state index >= 15 is 0 Å². The molecular weight excluding hydrogens is 244 g/mol. The minimum absolute atomic E-state index is 0.0141. The van der Waals surface area contributed by atoms with Crippen LogP contribution >= 0.6 is 0 Å². The van der Waals surface area contributed by atoms with E-state index in [1.165, 1.54) is 25.3 Å². The molecule has 0 atom stereocenters. The third kappa shape index (κ3) is 2.73. The molecule has 0 saturated heterocycles. The van der Waals surface area contributed by atoms with Gasteiger partial charge >= 0.3 is 11.7 Å². The van der Waals surface area contributed by atoms with Crippen molar-refractivity contribution in [3.8, 4) is 5.75 Å². The first kappa shape index (κ1) is 13.4. The number of methoxy groups -OCH3 is 1. The highest BCUT2D eigenvalue weighted by molar-refractivity contribution is 6.36. The van der Waals surface area contributed by atoms with Crippen LogP contribution in [0.1, 0.15) is 5.56 Å². The number of carboxylic acid groups (broad SMARTS) is 1. The number of nitro benzene ring substituents is 1. The molecule has 8 nitrogen and oxygen atoms in total. The molecule has 0 aromatic heterocycles. The van der Waals surface area contributed by atoms with E-state index in [2.05, 4.69) is 5.16 Å². The first-order chi connectivity index (χ1) is 8.51. The van der Waals surface area contributed by atoms with Crippen molar-refractivity contribution in [2.45, 2.75) is 6.42 Å². The number of nitro groups is 1. The number of oxime groups is 1. The Bertz CT molecular complexity index is 511. The van der Waals surface area contributed by atoms with Crippen molar-refractivity contribution in [2.24, 2.45) is 5.16 Å². The third-order valence-corrected chi connectivity index (χ3v) is 2.21. The lowest BCUT2D eigenvalue weighted by Crippen LogP contribution is -2.16. The summed E-state index contributed by atoms with van der Waals surface area (Å²) in [5.74, 6) is -1.44. The molecule has 0 aliphatic carbocycles. The largest absolute Gasteiger partial charge is 0.490 e. The Morgan fingerprint density at radius 2 is 2.22 bits per heavy atom. The van der Waals surface area contributed by atoms with E-state index in [1.807, 2.05) is 0 Å². The molecule has 18 heavy (non-hydrogen) atoms. The summed E-state index contributed by atoms with van der Waals surface area (Å²) in [6.45, 7) is 0. The van der Waals surface area contributed by atoms with Gasteiger partial charge in [-0.05, 0) is 6.07 Å². The van der Waals surface area contributed by atoms with Gasteiger partial charge in [-0.3, -0.25) is 10.1 Å². The van der Waals surface area contributed by atoms with Gasteiger partial charge in [0.05, 0.1) is 12.0 Å². The quantitative estimate of drug-likeness (QED) is 0.350. The van der Waals surface area contributed by atoms with Crippen molar-refractivity contribution in [1.29, 1.82) is 0 Å². The average molecular weight is 254 g/mol. The normalized spacial score (nSPS) is 11.1. The minimum atomic E-state index is -1.45. The number of nitrogens with zero attached hydrogens (tertiary/aromatic N) is 2. The predicted octanol–water partition coefficient (Wildman–Crippen LogP) is 1.06. The molecule has 0 bridgehead atoms. The molecule has 0 unspecified atom stereocenters. The summed E-state index contributed by atoms with van der Waals surface area (Å²) >= 11 is 0. The highest BCUT2D eigenvalue weighted by atomic mass is 16.6. The van der Waals surface area contributed by atoms with Crippen molar-refractivity contribution in [3.63, 3.8) is 0 Å². The van der Waals surface area contributed by atoms with Gasteiger partial charge in [-0.25, -0.2) is 4.79 Å². The molecular formula is C10H10N2O6. The lowest BCUT2D eigenvalue weighted by molar-refractivity contribution is -0.386. The molecule has 0 radical (unpaired) electrons. The molecule has 0 heterocycles. The number of aliphatic carboxylic acids is 1. The zero-order chi connectivity index (χ0) is 13.7. The summed E-state index contributed by atoms with van der Waals surface area (Å²) < 4.78 is 4.83. The first-order valence-corrected chi connectivity index (χ1v) is 4.75. The molecule has 0 aliphatic heterocycles. The average Bonchev–Trinajstić information content (AvgIpc) is 2.34. The molecule has 8 heteroatoms. The molecule has 0 saturated carbocycles. The fourth-order valence-electron chi connectivity index (χ4n) is 1.42. The molecule has 0 spiro atoms. The molecule has 96 valence electrons. The number of hydrogen-bond donors (Lipinski definition) is 2. The van der Waals surface area contributed by atoms with Crippen LogP contribution in [0.3, 0.4) is 0 Å². The topological polar surface area (TPSA) is 122 Å². The van der Waals surface area contributed by atoms with Gasteiger partial charge in [-0.1, -0.05) is 17.3 Å². The number of carboxylic acids is 1. The summed E-state index contributed by atoms with van der Waals surface area (Å²) in [5.41, 5.74) is -0.844. The highest BCUT2D eigenvalue weighted by Crippen LogP contribution is 2.30. The van der Waals surface area contributed by atoms with Gasteiger partial charge in [0.2, 0.25) is 0 Å². The molecule has 0 fully saturated rings. The third-order valence-electron chi connectivity index (χ3n) is 2.21. The lowest BCUT2D eigenvalue weighted by Gasteiger charge is -2.06. The van der Waals surface area contributed by atoms with Crippen molar-refractivity contribution in [2.75, 3.05) is 7.11 Å². The maximum Gasteiger partial charge on any atom is 0.354 e. The van der Waals surface area contributed by atoms with Crippen LogP contribution in [-0.4, -0.2) is 34.0 Å². The van der Waals surface area contributed by atoms with Crippen LogP contribution in [0.5, 0.6) is 5.75 Å². The summed E-state index contributed by atoms with van der Waals surface area (Å²) in [7, 11) is 1.27. The Kier molecular flexibility index (Phi) is 4.19. The molecule has 1 rings (SSSR count). The van der Waals surface area contributed by atoms with Gasteiger partial charge in [0.1, 0.15) is 0 Å². The van der Waals surface area contributed by atoms with Crippen molar-refractivity contribution in [3.05, 3.63) is 33.9 Å². The number of carbonyl (C=O) groups is 1. The van der Waals surface area contributed by atoms with E-state index in [-0.39, 0.29) is 23.4 Å². The Labute approximate surface area is 101 Å². The van der Waals surface area contributed by atoms with Crippen molar-refractivity contribution in [1.82, 2.24) is 0 Å². The van der Waals surface area contributed by atoms with Gasteiger partial charge in [0, 0.05) is 12.0 Å². The Morgan fingerprint density at radius 3 is 2.67 bits per heavy atom. The maximum absolute atomic E-state index is 10.9. The van der Waals surface area contributed by atoms with Gasteiger partial charge in [0.15, 0.2) is 11.5 Å². The van der Waals surface area contributed by atoms with Crippen LogP contribution in [-0.2, 0) is 11.2 Å². The van der Waals surface area contributed by atoms with Crippen LogP contribution < -0.4 is 4.74 Å². The van der Waals surface area contributed by atoms with Crippen LogP contribution in [0, 0.1) is 10.1 Å². The summed E-state index contributed by atoms with van der Waals surface area (Å²) in [6, 6.07) is 4.24. The molecule has 2 N–H and O–H groups in total. The van der Waals surface area contributed by atoms with Crippen molar-refractivity contribution < 1.29 is 24.8 Å². The van der Waals surface area contributed by atoms with Gasteiger partial charge < -0.3 is 15.1 Å². The minimum Gasteiger partial charge on any atom is -0.490 e. The Morgan fingerprint density at radius 1 is 1.56 bits per heavy atom. The molecule has 0 amide bonds. The van der Waals surface area contributed by atoms with E-state index in [1.54, 1.807) is 0 Å². The fraction of sp³-hybridized carbons (Fsp3) is 0.200. The van der Waals surface area contributed by atoms with Gasteiger partial charge in [-0.15, -0.1) is 0 Å². The van der Waals surface area contributed by atoms with Crippen LogP contribution in [0.4, 0.5) is 5.69 Å². The monoisotopic (exact) mass is 254 g/mol. The Balaban J connectivity index is 3.24. The van der Waals surface area contributed by atoms with Gasteiger partial charge in [-0.2, -0.15) is 0 Å². The fourth-order valence-corrected chi connectivity index (χ4v) is 1.42.